The molecule has 6 heteroatoms. The van der Waals surface area contributed by atoms with Crippen molar-refractivity contribution in [3.63, 3.8) is 0 Å². The van der Waals surface area contributed by atoms with E-state index in [1.165, 1.54) is 0 Å². The molecule has 0 spiro atoms. The molecule has 20 heavy (non-hydrogen) atoms. The largest absolute Gasteiger partial charge is 0.496 e. The number of nitrogens with one attached hydrogen (secondary N) is 1. The number of carbonyl (C=O) groups is 1. The van der Waals surface area contributed by atoms with Crippen LogP contribution in [0.15, 0.2) is 18.2 Å². The molecule has 0 unspecified atom stereocenters. The lowest BCUT2D eigenvalue weighted by Gasteiger charge is -2.13. The van der Waals surface area contributed by atoms with Gasteiger partial charge in [0.15, 0.2) is 5.82 Å². The number of benzene rings is 1. The Balaban J connectivity index is 2.59. The maximum atomic E-state index is 11.3. The molecule has 1 aromatic heterocycles. The van der Waals surface area contributed by atoms with E-state index in [1.807, 2.05) is 26.0 Å². The third kappa shape index (κ3) is 2.32. The zero-order chi connectivity index (χ0) is 14.9. The molecule has 1 heterocycles. The molecule has 0 aliphatic heterocycles. The Morgan fingerprint density at radius 3 is 2.70 bits per heavy atom. The third-order valence-corrected chi connectivity index (χ3v) is 3.15. The van der Waals surface area contributed by atoms with Crippen molar-refractivity contribution in [1.29, 1.82) is 0 Å². The molecule has 1 aromatic carbocycles. The number of aromatic carboxylic acids is 1. The second kappa shape index (κ2) is 5.24. The predicted octanol–water partition coefficient (Wildman–Crippen LogP) is 2.49. The van der Waals surface area contributed by atoms with Gasteiger partial charge in [0.2, 0.25) is 0 Å². The number of aromatic nitrogens is 2. The monoisotopic (exact) mass is 275 g/mol. The van der Waals surface area contributed by atoms with E-state index in [9.17, 15) is 9.90 Å². The van der Waals surface area contributed by atoms with Gasteiger partial charge in [-0.3, -0.25) is 5.10 Å². The average Bonchev–Trinajstić information content (AvgIpc) is 2.79. The van der Waals surface area contributed by atoms with E-state index in [1.54, 1.807) is 13.2 Å². The number of nitrogen functional groups attached to an aromatic ring is 1. The van der Waals surface area contributed by atoms with Crippen molar-refractivity contribution in [2.45, 2.75) is 19.8 Å². The summed E-state index contributed by atoms with van der Waals surface area (Å²) in [6.07, 6.45) is 0. The fourth-order valence-electron chi connectivity index (χ4n) is 2.12. The molecule has 0 bridgehead atoms. The van der Waals surface area contributed by atoms with Crippen LogP contribution in [0.2, 0.25) is 0 Å². The number of aromatic amines is 1. The number of nitrogens with zero attached hydrogens (tertiary/aromatic N) is 1. The second-order valence-corrected chi connectivity index (χ2v) is 4.78. The number of nitrogens with two attached hydrogens (primary N) is 1. The molecule has 0 fully saturated rings. The van der Waals surface area contributed by atoms with Crippen LogP contribution in [0.25, 0.3) is 11.3 Å². The molecule has 2 aromatic rings. The lowest BCUT2D eigenvalue weighted by atomic mass is 9.97. The Morgan fingerprint density at radius 2 is 2.15 bits per heavy atom. The minimum absolute atomic E-state index is 0.00938. The number of methoxy groups -OCH3 is 1. The Kier molecular flexibility index (Phi) is 3.65. The minimum Gasteiger partial charge on any atom is -0.496 e. The average molecular weight is 275 g/mol. The lowest BCUT2D eigenvalue weighted by molar-refractivity contribution is 0.0699. The van der Waals surface area contributed by atoms with Crippen LogP contribution in [0.5, 0.6) is 5.75 Å². The summed E-state index contributed by atoms with van der Waals surface area (Å²) in [5.41, 5.74) is 7.69. The van der Waals surface area contributed by atoms with Gasteiger partial charge < -0.3 is 15.6 Å². The Morgan fingerprint density at radius 1 is 1.45 bits per heavy atom. The van der Waals surface area contributed by atoms with Crippen LogP contribution in [-0.2, 0) is 0 Å². The van der Waals surface area contributed by atoms with Gasteiger partial charge in [0, 0.05) is 5.56 Å². The molecule has 0 radical (unpaired) electrons. The summed E-state index contributed by atoms with van der Waals surface area (Å²) in [4.78, 5) is 11.3. The SMILES string of the molecule is COc1ccc(-c2[nH]nc(N)c2C(=O)O)cc1C(C)C. The number of anilines is 1. The Labute approximate surface area is 116 Å². The number of hydrogen-bond donors (Lipinski definition) is 3. The van der Waals surface area contributed by atoms with Crippen LogP contribution in [0.4, 0.5) is 5.82 Å². The molecular weight excluding hydrogens is 258 g/mol. The summed E-state index contributed by atoms with van der Waals surface area (Å²) < 4.78 is 5.31. The van der Waals surface area contributed by atoms with Crippen molar-refractivity contribution >= 4 is 11.8 Å². The maximum Gasteiger partial charge on any atom is 0.341 e. The molecule has 0 atom stereocenters. The van der Waals surface area contributed by atoms with Gasteiger partial charge in [0.05, 0.1) is 12.8 Å². The molecule has 0 saturated carbocycles. The van der Waals surface area contributed by atoms with E-state index in [2.05, 4.69) is 10.2 Å². The van der Waals surface area contributed by atoms with Crippen LogP contribution in [0.1, 0.15) is 35.7 Å². The summed E-state index contributed by atoms with van der Waals surface area (Å²) in [6.45, 7) is 4.09. The first kappa shape index (κ1) is 13.9. The van der Waals surface area contributed by atoms with E-state index < -0.39 is 5.97 Å². The van der Waals surface area contributed by atoms with E-state index in [4.69, 9.17) is 10.5 Å². The van der Waals surface area contributed by atoms with Gasteiger partial charge in [0.1, 0.15) is 11.3 Å². The normalized spacial score (nSPS) is 10.8. The molecule has 6 nitrogen and oxygen atoms in total. The first-order chi connectivity index (χ1) is 9.45. The molecule has 0 aliphatic carbocycles. The number of carboxylic acids is 1. The number of rotatable bonds is 4. The van der Waals surface area contributed by atoms with Crippen molar-refractivity contribution in [3.05, 3.63) is 29.3 Å². The van der Waals surface area contributed by atoms with Crippen LogP contribution in [-0.4, -0.2) is 28.4 Å². The summed E-state index contributed by atoms with van der Waals surface area (Å²) in [5.74, 6) is -0.103. The fourth-order valence-corrected chi connectivity index (χ4v) is 2.12. The van der Waals surface area contributed by atoms with Crippen molar-refractivity contribution in [1.82, 2.24) is 10.2 Å². The van der Waals surface area contributed by atoms with Gasteiger partial charge in [-0.05, 0) is 29.7 Å². The number of ether oxygens (including phenoxy) is 1. The van der Waals surface area contributed by atoms with E-state index in [0.29, 0.717) is 5.69 Å². The van der Waals surface area contributed by atoms with Gasteiger partial charge in [-0.1, -0.05) is 13.8 Å². The zero-order valence-corrected chi connectivity index (χ0v) is 11.6. The van der Waals surface area contributed by atoms with Crippen LogP contribution in [0, 0.1) is 0 Å². The van der Waals surface area contributed by atoms with E-state index in [0.717, 1.165) is 16.9 Å². The highest BCUT2D eigenvalue weighted by atomic mass is 16.5. The van der Waals surface area contributed by atoms with Gasteiger partial charge in [-0.2, -0.15) is 5.10 Å². The first-order valence-corrected chi connectivity index (χ1v) is 6.21. The zero-order valence-electron chi connectivity index (χ0n) is 11.6. The highest BCUT2D eigenvalue weighted by Crippen LogP contribution is 2.33. The highest BCUT2D eigenvalue weighted by molar-refractivity contribution is 5.99. The highest BCUT2D eigenvalue weighted by Gasteiger charge is 2.20. The molecule has 0 saturated heterocycles. The molecule has 2 rings (SSSR count). The lowest BCUT2D eigenvalue weighted by Crippen LogP contribution is -2.02. The molecule has 4 N–H and O–H groups in total. The standard InChI is InChI=1S/C14H17N3O3/c1-7(2)9-6-8(4-5-10(9)20-3)12-11(14(18)19)13(15)17-16-12/h4-7H,1-3H3,(H,18,19)(H3,15,16,17). The maximum absolute atomic E-state index is 11.3. The number of hydrogen-bond acceptors (Lipinski definition) is 4. The Bertz CT molecular complexity index is 647. The third-order valence-electron chi connectivity index (χ3n) is 3.15. The molecule has 0 aliphatic rings. The second-order valence-electron chi connectivity index (χ2n) is 4.78. The van der Waals surface area contributed by atoms with Crippen LogP contribution in [0.3, 0.4) is 0 Å². The van der Waals surface area contributed by atoms with E-state index in [-0.39, 0.29) is 17.3 Å². The number of H-pyrrole nitrogens is 1. The number of carboxylic acid groups (broad SMARTS) is 1. The van der Waals surface area contributed by atoms with Gasteiger partial charge in [0.25, 0.3) is 0 Å². The fraction of sp³-hybridized carbons (Fsp3) is 0.286. The van der Waals surface area contributed by atoms with E-state index >= 15 is 0 Å². The summed E-state index contributed by atoms with van der Waals surface area (Å²) in [7, 11) is 1.61. The minimum atomic E-state index is -1.10. The summed E-state index contributed by atoms with van der Waals surface area (Å²) in [6, 6.07) is 5.49. The topological polar surface area (TPSA) is 101 Å². The summed E-state index contributed by atoms with van der Waals surface area (Å²) >= 11 is 0. The van der Waals surface area contributed by atoms with Crippen molar-refractivity contribution in [3.8, 4) is 17.0 Å². The van der Waals surface area contributed by atoms with Gasteiger partial charge in [-0.25, -0.2) is 4.79 Å². The van der Waals surface area contributed by atoms with Crippen molar-refractivity contribution < 1.29 is 14.6 Å². The van der Waals surface area contributed by atoms with Gasteiger partial charge in [-0.15, -0.1) is 0 Å². The predicted molar refractivity (Wildman–Crippen MR) is 76.0 cm³/mol. The Hall–Kier alpha value is -2.50. The van der Waals surface area contributed by atoms with Crippen molar-refractivity contribution in [2.75, 3.05) is 12.8 Å². The van der Waals surface area contributed by atoms with Crippen LogP contribution < -0.4 is 10.5 Å². The van der Waals surface area contributed by atoms with Gasteiger partial charge >= 0.3 is 5.97 Å². The summed E-state index contributed by atoms with van der Waals surface area (Å²) in [5, 5.41) is 15.7. The molecule has 106 valence electrons. The smallest absolute Gasteiger partial charge is 0.341 e. The molecule has 0 amide bonds. The molecular formula is C14H17N3O3. The van der Waals surface area contributed by atoms with Crippen LogP contribution >= 0.6 is 0 Å². The quantitative estimate of drug-likeness (QED) is 0.795. The van der Waals surface area contributed by atoms with Crippen molar-refractivity contribution in [2.24, 2.45) is 0 Å². The first-order valence-electron chi connectivity index (χ1n) is 6.21.